The second-order valence-electron chi connectivity index (χ2n) is 5.04. The van der Waals surface area contributed by atoms with Crippen LogP contribution < -0.4 is 5.32 Å². The van der Waals surface area contributed by atoms with Crippen LogP contribution in [0.2, 0.25) is 0 Å². The van der Waals surface area contributed by atoms with Crippen molar-refractivity contribution in [3.05, 3.63) is 28.5 Å². The summed E-state index contributed by atoms with van der Waals surface area (Å²) < 4.78 is 20.0. The van der Waals surface area contributed by atoms with E-state index in [2.05, 4.69) is 21.2 Å². The predicted octanol–water partition coefficient (Wildman–Crippen LogP) is 3.59. The number of hydrogen-bond donors (Lipinski definition) is 1. The van der Waals surface area contributed by atoms with Crippen molar-refractivity contribution in [2.24, 2.45) is 11.8 Å². The summed E-state index contributed by atoms with van der Waals surface area (Å²) in [4.78, 5) is 12.2. The van der Waals surface area contributed by atoms with Gasteiger partial charge in [-0.1, -0.05) is 22.9 Å². The van der Waals surface area contributed by atoms with Crippen molar-refractivity contribution in [2.75, 3.05) is 5.32 Å². The largest absolute Gasteiger partial charge is 0.374 e. The molecule has 1 aliphatic heterocycles. The number of ether oxygens (including phenoxy) is 1. The quantitative estimate of drug-likeness (QED) is 0.900. The number of nitrogens with one attached hydrogen (secondary N) is 1. The molecule has 0 radical (unpaired) electrons. The second-order valence-corrected chi connectivity index (χ2v) is 5.96. The third-order valence-electron chi connectivity index (χ3n) is 3.73. The molecule has 0 bridgehead atoms. The molecule has 3 nitrogen and oxygen atoms in total. The summed E-state index contributed by atoms with van der Waals surface area (Å²) in [6.07, 6.45) is -0.107. The number of carbonyl (C=O) groups is 1. The minimum atomic E-state index is -0.449. The van der Waals surface area contributed by atoms with Crippen molar-refractivity contribution in [1.82, 2.24) is 0 Å². The molecule has 4 atom stereocenters. The van der Waals surface area contributed by atoms with Crippen molar-refractivity contribution in [2.45, 2.75) is 33.0 Å². The van der Waals surface area contributed by atoms with Gasteiger partial charge in [0.15, 0.2) is 0 Å². The topological polar surface area (TPSA) is 38.3 Å². The van der Waals surface area contributed by atoms with Gasteiger partial charge in [-0.2, -0.15) is 0 Å². The van der Waals surface area contributed by atoms with Crippen LogP contribution in [0.4, 0.5) is 10.1 Å². The molecular weight excluding hydrogens is 313 g/mol. The Morgan fingerprint density at radius 3 is 2.53 bits per heavy atom. The molecule has 1 N–H and O–H groups in total. The smallest absolute Gasteiger partial charge is 0.230 e. The molecule has 1 aromatic carbocycles. The van der Waals surface area contributed by atoms with E-state index in [0.717, 1.165) is 0 Å². The Bertz CT molecular complexity index is 494. The van der Waals surface area contributed by atoms with Gasteiger partial charge in [0.25, 0.3) is 0 Å². The normalized spacial score (nSPS) is 30.4. The van der Waals surface area contributed by atoms with Gasteiger partial charge < -0.3 is 10.1 Å². The number of hydrogen-bond acceptors (Lipinski definition) is 2. The number of rotatable bonds is 2. The van der Waals surface area contributed by atoms with Crippen molar-refractivity contribution in [1.29, 1.82) is 0 Å². The van der Waals surface area contributed by atoms with Crippen molar-refractivity contribution < 1.29 is 13.9 Å². The maximum atomic E-state index is 13.7. The van der Waals surface area contributed by atoms with E-state index >= 15 is 0 Å². The zero-order chi connectivity index (χ0) is 14.2. The van der Waals surface area contributed by atoms with Gasteiger partial charge in [0, 0.05) is 4.47 Å². The highest BCUT2D eigenvalue weighted by Gasteiger charge is 2.41. The lowest BCUT2D eigenvalue weighted by Gasteiger charge is -2.18. The standard InChI is InChI=1S/C14H17BrFNO2/c1-7-8(2)19-9(3)13(7)14(18)17-12-5-4-10(15)6-11(12)16/h4-9,13H,1-3H3,(H,17,18). The molecule has 104 valence electrons. The van der Waals surface area contributed by atoms with E-state index in [1.807, 2.05) is 20.8 Å². The van der Waals surface area contributed by atoms with Gasteiger partial charge in [0.2, 0.25) is 5.91 Å². The highest BCUT2D eigenvalue weighted by Crippen LogP contribution is 2.33. The molecule has 0 spiro atoms. The van der Waals surface area contributed by atoms with Gasteiger partial charge in [-0.05, 0) is 38.0 Å². The Morgan fingerprint density at radius 1 is 1.32 bits per heavy atom. The minimum Gasteiger partial charge on any atom is -0.374 e. The SMILES string of the molecule is CC1OC(C)C(C(=O)Nc2ccc(Br)cc2F)C1C. The molecule has 1 aromatic rings. The fraction of sp³-hybridized carbons (Fsp3) is 0.500. The van der Waals surface area contributed by atoms with Gasteiger partial charge >= 0.3 is 0 Å². The molecule has 19 heavy (non-hydrogen) atoms. The van der Waals surface area contributed by atoms with E-state index in [0.29, 0.717) is 4.47 Å². The van der Waals surface area contributed by atoms with Crippen molar-refractivity contribution in [3.8, 4) is 0 Å². The minimum absolute atomic E-state index is 0.0421. The van der Waals surface area contributed by atoms with Gasteiger partial charge in [0.1, 0.15) is 5.82 Å². The molecule has 5 heteroatoms. The second kappa shape index (κ2) is 5.59. The lowest BCUT2D eigenvalue weighted by molar-refractivity contribution is -0.122. The summed E-state index contributed by atoms with van der Waals surface area (Å²) in [7, 11) is 0. The van der Waals surface area contributed by atoms with Crippen LogP contribution in [0.25, 0.3) is 0 Å². The molecule has 4 unspecified atom stereocenters. The molecule has 1 heterocycles. The van der Waals surface area contributed by atoms with Gasteiger partial charge in [0.05, 0.1) is 23.8 Å². The molecule has 1 aliphatic rings. The molecule has 0 aliphatic carbocycles. The molecule has 1 amide bonds. The number of benzene rings is 1. The predicted molar refractivity (Wildman–Crippen MR) is 75.4 cm³/mol. The van der Waals surface area contributed by atoms with E-state index in [-0.39, 0.29) is 35.6 Å². The van der Waals surface area contributed by atoms with Crippen LogP contribution in [0, 0.1) is 17.7 Å². The van der Waals surface area contributed by atoms with E-state index in [1.165, 1.54) is 6.07 Å². The molecule has 1 fully saturated rings. The average molecular weight is 330 g/mol. The third kappa shape index (κ3) is 2.98. The van der Waals surface area contributed by atoms with E-state index in [1.54, 1.807) is 12.1 Å². The summed E-state index contributed by atoms with van der Waals surface area (Å²) >= 11 is 3.18. The molecular formula is C14H17BrFNO2. The zero-order valence-electron chi connectivity index (χ0n) is 11.1. The first-order valence-corrected chi connectivity index (χ1v) is 7.11. The summed E-state index contributed by atoms with van der Waals surface area (Å²) in [6, 6.07) is 4.57. The van der Waals surface area contributed by atoms with Crippen LogP contribution >= 0.6 is 15.9 Å². The number of halogens is 2. The van der Waals surface area contributed by atoms with Crippen LogP contribution in [-0.4, -0.2) is 18.1 Å². The summed E-state index contributed by atoms with van der Waals surface area (Å²) in [5, 5.41) is 2.65. The lowest BCUT2D eigenvalue weighted by atomic mass is 9.89. The highest BCUT2D eigenvalue weighted by atomic mass is 79.9. The molecule has 2 rings (SSSR count). The van der Waals surface area contributed by atoms with E-state index in [4.69, 9.17) is 4.74 Å². The van der Waals surface area contributed by atoms with Crippen LogP contribution in [0.5, 0.6) is 0 Å². The number of carbonyl (C=O) groups excluding carboxylic acids is 1. The maximum Gasteiger partial charge on any atom is 0.230 e. The van der Waals surface area contributed by atoms with Crippen LogP contribution in [0.1, 0.15) is 20.8 Å². The third-order valence-corrected chi connectivity index (χ3v) is 4.23. The molecule has 0 aromatic heterocycles. The number of amides is 1. The maximum absolute atomic E-state index is 13.7. The Morgan fingerprint density at radius 2 is 2.00 bits per heavy atom. The van der Waals surface area contributed by atoms with Crippen LogP contribution in [0.3, 0.4) is 0 Å². The monoisotopic (exact) mass is 329 g/mol. The zero-order valence-corrected chi connectivity index (χ0v) is 12.7. The fourth-order valence-corrected chi connectivity index (χ4v) is 2.86. The molecule has 0 saturated carbocycles. The van der Waals surface area contributed by atoms with Gasteiger partial charge in [-0.15, -0.1) is 0 Å². The Kier molecular flexibility index (Phi) is 4.26. The molecule has 1 saturated heterocycles. The average Bonchev–Trinajstić information content (AvgIpc) is 2.57. The Balaban J connectivity index is 2.13. The van der Waals surface area contributed by atoms with Crippen molar-refractivity contribution >= 4 is 27.5 Å². The van der Waals surface area contributed by atoms with Crippen molar-refractivity contribution in [3.63, 3.8) is 0 Å². The summed E-state index contributed by atoms with van der Waals surface area (Å²) in [6.45, 7) is 5.81. The fourth-order valence-electron chi connectivity index (χ4n) is 2.53. The van der Waals surface area contributed by atoms with Gasteiger partial charge in [-0.25, -0.2) is 4.39 Å². The first kappa shape index (κ1) is 14.5. The van der Waals surface area contributed by atoms with E-state index < -0.39 is 5.82 Å². The highest BCUT2D eigenvalue weighted by molar-refractivity contribution is 9.10. The van der Waals surface area contributed by atoms with Crippen LogP contribution in [-0.2, 0) is 9.53 Å². The van der Waals surface area contributed by atoms with E-state index in [9.17, 15) is 9.18 Å². The Labute approximate surface area is 120 Å². The summed E-state index contributed by atoms with van der Waals surface area (Å²) in [5.74, 6) is -0.771. The Hall–Kier alpha value is -0.940. The number of anilines is 1. The summed E-state index contributed by atoms with van der Waals surface area (Å²) in [5.41, 5.74) is 0.201. The lowest BCUT2D eigenvalue weighted by Crippen LogP contribution is -2.32. The first-order chi connectivity index (χ1) is 8.90. The van der Waals surface area contributed by atoms with Crippen LogP contribution in [0.15, 0.2) is 22.7 Å². The first-order valence-electron chi connectivity index (χ1n) is 6.31. The van der Waals surface area contributed by atoms with Gasteiger partial charge in [-0.3, -0.25) is 4.79 Å².